The van der Waals surface area contributed by atoms with Crippen LogP contribution in [0.5, 0.6) is 0 Å². The van der Waals surface area contributed by atoms with Gasteiger partial charge in [0.25, 0.3) is 5.91 Å². The normalized spacial score (nSPS) is 21.4. The minimum atomic E-state index is -0.823. The average molecular weight is 583 g/mol. The maximum Gasteiger partial charge on any atom is 0.252 e. The maximum atomic E-state index is 12.9. The van der Waals surface area contributed by atoms with Crippen LogP contribution in [0.2, 0.25) is 0 Å². The Morgan fingerprint density at radius 3 is 2.70 bits per heavy atom. The summed E-state index contributed by atoms with van der Waals surface area (Å²) >= 11 is 0. The summed E-state index contributed by atoms with van der Waals surface area (Å²) < 4.78 is 2.07. The van der Waals surface area contributed by atoms with Gasteiger partial charge in [-0.05, 0) is 62.3 Å². The van der Waals surface area contributed by atoms with Crippen molar-refractivity contribution < 1.29 is 19.2 Å². The van der Waals surface area contributed by atoms with E-state index in [1.54, 1.807) is 24.4 Å². The largest absolute Gasteiger partial charge is 0.387 e. The Morgan fingerprint density at radius 1 is 1.19 bits per heavy atom. The molecular formula is C31H34N8O4. The molecule has 5 N–H and O–H groups in total. The van der Waals surface area contributed by atoms with Crippen molar-refractivity contribution in [3.05, 3.63) is 59.0 Å². The summed E-state index contributed by atoms with van der Waals surface area (Å²) in [5.74, 6) is -0.610. The van der Waals surface area contributed by atoms with E-state index in [0.29, 0.717) is 30.4 Å². The van der Waals surface area contributed by atoms with Crippen LogP contribution in [-0.4, -0.2) is 64.6 Å². The van der Waals surface area contributed by atoms with Gasteiger partial charge in [0.15, 0.2) is 6.29 Å². The second-order valence-corrected chi connectivity index (χ2v) is 11.5. The quantitative estimate of drug-likeness (QED) is 0.130. The lowest BCUT2D eigenvalue weighted by atomic mass is 9.80. The van der Waals surface area contributed by atoms with E-state index in [1.165, 1.54) is 6.21 Å². The second kappa shape index (κ2) is 11.8. The number of aldehydes is 1. The van der Waals surface area contributed by atoms with E-state index in [9.17, 15) is 19.2 Å². The summed E-state index contributed by atoms with van der Waals surface area (Å²) in [5.41, 5.74) is 5.56. The van der Waals surface area contributed by atoms with Gasteiger partial charge in [0.1, 0.15) is 6.04 Å². The number of aromatic nitrogens is 3. The van der Waals surface area contributed by atoms with Crippen LogP contribution >= 0.6 is 0 Å². The molecule has 3 aromatic rings. The third-order valence-electron chi connectivity index (χ3n) is 8.53. The van der Waals surface area contributed by atoms with Gasteiger partial charge in [-0.1, -0.05) is 0 Å². The van der Waals surface area contributed by atoms with E-state index in [4.69, 9.17) is 10.5 Å². The zero-order valence-electron chi connectivity index (χ0n) is 23.9. The van der Waals surface area contributed by atoms with Crippen LogP contribution in [0.25, 0.3) is 11.3 Å². The first kappa shape index (κ1) is 28.3. The molecule has 1 unspecified atom stereocenters. The van der Waals surface area contributed by atoms with Crippen molar-refractivity contribution in [1.29, 1.82) is 5.41 Å². The van der Waals surface area contributed by atoms with Gasteiger partial charge in [0, 0.05) is 72.6 Å². The molecule has 12 nitrogen and oxygen atoms in total. The fourth-order valence-electron chi connectivity index (χ4n) is 5.86. The van der Waals surface area contributed by atoms with Crippen LogP contribution < -0.4 is 21.3 Å². The lowest BCUT2D eigenvalue weighted by molar-refractivity contribution is -0.134. The zero-order valence-corrected chi connectivity index (χ0v) is 23.9. The van der Waals surface area contributed by atoms with E-state index >= 15 is 0 Å². The number of hydrogen-bond donors (Lipinski definition) is 5. The molecule has 2 aliphatic carbocycles. The Hall–Kier alpha value is -4.87. The highest BCUT2D eigenvalue weighted by Crippen LogP contribution is 2.46. The van der Waals surface area contributed by atoms with Crippen molar-refractivity contribution in [2.45, 2.75) is 56.5 Å². The van der Waals surface area contributed by atoms with Gasteiger partial charge in [0.05, 0.1) is 23.0 Å². The number of anilines is 2. The summed E-state index contributed by atoms with van der Waals surface area (Å²) in [6.45, 7) is 0.693. The van der Waals surface area contributed by atoms with Crippen molar-refractivity contribution in [3.8, 4) is 11.3 Å². The lowest BCUT2D eigenvalue weighted by Gasteiger charge is -2.35. The number of carbonyl (C=O) groups is 4. The number of carbonyl (C=O) groups excluding carboxylic acids is 4. The molecule has 0 radical (unpaired) electrons. The molecule has 43 heavy (non-hydrogen) atoms. The van der Waals surface area contributed by atoms with Gasteiger partial charge in [-0.25, -0.2) is 0 Å². The molecule has 6 rings (SSSR count). The molecule has 1 aromatic carbocycles. The van der Waals surface area contributed by atoms with E-state index in [0.717, 1.165) is 53.9 Å². The molecule has 3 heterocycles. The molecule has 0 spiro atoms. The number of nitrogens with zero attached hydrogens (tertiary/aromatic N) is 3. The average Bonchev–Trinajstić information content (AvgIpc) is 3.75. The number of imide groups is 1. The number of piperidine rings is 1. The van der Waals surface area contributed by atoms with Crippen LogP contribution in [0.15, 0.2) is 36.7 Å². The summed E-state index contributed by atoms with van der Waals surface area (Å²) in [6, 6.07) is 6.28. The first-order valence-corrected chi connectivity index (χ1v) is 14.6. The van der Waals surface area contributed by atoms with Crippen molar-refractivity contribution in [2.75, 3.05) is 24.2 Å². The number of nitrogens with one attached hydrogen (secondary N) is 5. The predicted octanol–water partition coefficient (Wildman–Crippen LogP) is 3.27. The third-order valence-corrected chi connectivity index (χ3v) is 8.53. The van der Waals surface area contributed by atoms with Crippen LogP contribution in [0.4, 0.5) is 11.4 Å². The van der Waals surface area contributed by atoms with Gasteiger partial charge in [-0.15, -0.1) is 0 Å². The second-order valence-electron chi connectivity index (χ2n) is 11.5. The molecule has 0 bridgehead atoms. The molecule has 2 aromatic heterocycles. The van der Waals surface area contributed by atoms with Crippen LogP contribution in [0, 0.1) is 11.3 Å². The first-order valence-electron chi connectivity index (χ1n) is 14.6. The molecule has 2 saturated carbocycles. The molecule has 3 fully saturated rings. The molecule has 1 aliphatic heterocycles. The van der Waals surface area contributed by atoms with Crippen molar-refractivity contribution in [3.63, 3.8) is 0 Å². The SMILES string of the molecule is CNc1ccnc(-c2cn(C3CC(CNc4ccc(C=O)c(C(=O)NC5CCC(=O)NC5=O)c4)C3)nc2C2CC2)c1C=N. The van der Waals surface area contributed by atoms with Gasteiger partial charge in [-0.2, -0.15) is 5.10 Å². The molecule has 3 amide bonds. The Morgan fingerprint density at radius 2 is 2.00 bits per heavy atom. The van der Waals surface area contributed by atoms with Gasteiger partial charge >= 0.3 is 0 Å². The van der Waals surface area contributed by atoms with E-state index in [-0.39, 0.29) is 35.9 Å². The number of amides is 3. The Balaban J connectivity index is 1.10. The smallest absolute Gasteiger partial charge is 0.252 e. The molecule has 12 heteroatoms. The zero-order chi connectivity index (χ0) is 30.1. The summed E-state index contributed by atoms with van der Waals surface area (Å²) in [7, 11) is 1.84. The third kappa shape index (κ3) is 5.77. The van der Waals surface area contributed by atoms with Crippen LogP contribution in [0.1, 0.15) is 82.5 Å². The maximum absolute atomic E-state index is 12.9. The van der Waals surface area contributed by atoms with E-state index in [2.05, 4.69) is 37.1 Å². The number of pyridine rings is 1. The molecule has 1 saturated heterocycles. The number of hydrogen-bond acceptors (Lipinski definition) is 9. The summed E-state index contributed by atoms with van der Waals surface area (Å²) in [6.07, 6.45) is 10.3. The topological polar surface area (TPSA) is 171 Å². The highest BCUT2D eigenvalue weighted by molar-refractivity contribution is 6.06. The molecular weight excluding hydrogens is 548 g/mol. The Kier molecular flexibility index (Phi) is 7.75. The highest BCUT2D eigenvalue weighted by Gasteiger charge is 2.36. The minimum Gasteiger partial charge on any atom is -0.387 e. The standard InChI is InChI=1S/C31H34N8O4/c1-33-25-8-9-34-29(23(25)13-32)24-15-39(38-28(24)18-2-3-18)21-10-17(11-21)14-35-20-5-4-19(16-40)22(12-20)30(42)36-26-6-7-27(41)37-31(26)43/h4-5,8-9,12-13,15-18,21,26,32,35H,2-3,6-7,10-11,14H2,1H3,(H,33,34)(H,36,42)(H,37,41,43). The number of benzene rings is 1. The monoisotopic (exact) mass is 582 g/mol. The van der Waals surface area contributed by atoms with E-state index < -0.39 is 17.9 Å². The van der Waals surface area contributed by atoms with Gasteiger partial charge < -0.3 is 21.4 Å². The van der Waals surface area contributed by atoms with Crippen molar-refractivity contribution >= 4 is 41.6 Å². The van der Waals surface area contributed by atoms with E-state index in [1.807, 2.05) is 13.1 Å². The van der Waals surface area contributed by atoms with Crippen molar-refractivity contribution in [1.82, 2.24) is 25.4 Å². The molecule has 3 aliphatic rings. The Labute approximate surface area is 248 Å². The predicted molar refractivity (Wildman–Crippen MR) is 161 cm³/mol. The summed E-state index contributed by atoms with van der Waals surface area (Å²) in [5, 5.41) is 24.4. The first-order chi connectivity index (χ1) is 20.9. The van der Waals surface area contributed by atoms with Crippen LogP contribution in [0.3, 0.4) is 0 Å². The summed E-state index contributed by atoms with van der Waals surface area (Å²) in [4.78, 5) is 52.7. The van der Waals surface area contributed by atoms with Crippen LogP contribution in [-0.2, 0) is 9.59 Å². The van der Waals surface area contributed by atoms with Crippen molar-refractivity contribution in [2.24, 2.45) is 5.92 Å². The fraction of sp³-hybridized carbons (Fsp3) is 0.387. The molecule has 222 valence electrons. The van der Waals surface area contributed by atoms with Gasteiger partial charge in [0.2, 0.25) is 11.8 Å². The Bertz CT molecular complexity index is 1600. The minimum absolute atomic E-state index is 0.147. The molecule has 1 atom stereocenters. The number of rotatable bonds is 11. The highest BCUT2D eigenvalue weighted by atomic mass is 16.2. The van der Waals surface area contributed by atoms with Gasteiger partial charge in [-0.3, -0.25) is 34.2 Å². The lowest BCUT2D eigenvalue weighted by Crippen LogP contribution is -2.52. The fourth-order valence-corrected chi connectivity index (χ4v) is 5.86.